The summed E-state index contributed by atoms with van der Waals surface area (Å²) in [5, 5.41) is 0. The topological polar surface area (TPSA) is 18.5 Å². The summed E-state index contributed by atoms with van der Waals surface area (Å²) in [6.07, 6.45) is 6.33. The van der Waals surface area contributed by atoms with Crippen LogP contribution in [-0.2, 0) is 6.42 Å². The summed E-state index contributed by atoms with van der Waals surface area (Å²) in [6, 6.07) is 5.98. The smallest absolute Gasteiger partial charge is 0.161 e. The standard InChI is InChI=1S/C16H20O2/c1-5-8-14(7-3)12-18-16-11-13(6-2)9-10-15(16)17-4/h5,7-11H,1,3,6,12H2,2,4H3/b14-8+. The zero-order valence-electron chi connectivity index (χ0n) is 11.1. The van der Waals surface area contributed by atoms with Crippen molar-refractivity contribution in [2.24, 2.45) is 0 Å². The molecule has 1 rings (SSSR count). The molecule has 0 bridgehead atoms. The lowest BCUT2D eigenvalue weighted by Gasteiger charge is -2.12. The lowest BCUT2D eigenvalue weighted by atomic mass is 10.1. The number of rotatable bonds is 7. The molecule has 0 radical (unpaired) electrons. The fourth-order valence-electron chi connectivity index (χ4n) is 1.54. The third kappa shape index (κ3) is 3.81. The molecule has 0 saturated heterocycles. The van der Waals surface area contributed by atoms with Gasteiger partial charge in [0.15, 0.2) is 11.5 Å². The van der Waals surface area contributed by atoms with E-state index >= 15 is 0 Å². The molecule has 96 valence electrons. The molecule has 0 fully saturated rings. The average molecular weight is 244 g/mol. The van der Waals surface area contributed by atoms with Gasteiger partial charge in [0.05, 0.1) is 7.11 Å². The number of ether oxygens (including phenoxy) is 2. The van der Waals surface area contributed by atoms with Gasteiger partial charge in [-0.1, -0.05) is 44.4 Å². The van der Waals surface area contributed by atoms with Crippen LogP contribution in [0.1, 0.15) is 12.5 Å². The number of methoxy groups -OCH3 is 1. The van der Waals surface area contributed by atoms with Crippen LogP contribution in [0.3, 0.4) is 0 Å². The molecular formula is C16H20O2. The highest BCUT2D eigenvalue weighted by Gasteiger charge is 2.05. The highest BCUT2D eigenvalue weighted by atomic mass is 16.5. The number of aryl methyl sites for hydroxylation is 1. The van der Waals surface area contributed by atoms with Crippen molar-refractivity contribution in [2.75, 3.05) is 13.7 Å². The molecule has 2 nitrogen and oxygen atoms in total. The second kappa shape index (κ2) is 7.38. The lowest BCUT2D eigenvalue weighted by molar-refractivity contribution is 0.321. The van der Waals surface area contributed by atoms with E-state index in [9.17, 15) is 0 Å². The van der Waals surface area contributed by atoms with E-state index in [2.05, 4.69) is 20.1 Å². The van der Waals surface area contributed by atoms with Gasteiger partial charge in [-0.2, -0.15) is 0 Å². The van der Waals surface area contributed by atoms with Gasteiger partial charge in [0, 0.05) is 0 Å². The zero-order valence-corrected chi connectivity index (χ0v) is 11.1. The van der Waals surface area contributed by atoms with Crippen molar-refractivity contribution in [3.63, 3.8) is 0 Å². The minimum atomic E-state index is 0.457. The molecule has 0 spiro atoms. The third-order valence-electron chi connectivity index (χ3n) is 2.62. The molecule has 0 atom stereocenters. The Bertz CT molecular complexity index is 444. The van der Waals surface area contributed by atoms with E-state index in [4.69, 9.17) is 9.47 Å². The Morgan fingerprint density at radius 1 is 1.28 bits per heavy atom. The van der Waals surface area contributed by atoms with E-state index in [1.165, 1.54) is 5.56 Å². The molecule has 1 aromatic carbocycles. The quantitative estimate of drug-likeness (QED) is 0.676. The van der Waals surface area contributed by atoms with Crippen LogP contribution >= 0.6 is 0 Å². The monoisotopic (exact) mass is 244 g/mol. The van der Waals surface area contributed by atoms with Crippen molar-refractivity contribution in [2.45, 2.75) is 13.3 Å². The van der Waals surface area contributed by atoms with E-state index in [1.54, 1.807) is 19.3 Å². The molecule has 0 aliphatic carbocycles. The predicted octanol–water partition coefficient (Wildman–Crippen LogP) is 3.93. The predicted molar refractivity (Wildman–Crippen MR) is 76.3 cm³/mol. The average Bonchev–Trinajstić information content (AvgIpc) is 2.43. The molecule has 0 amide bonds. The van der Waals surface area contributed by atoms with Gasteiger partial charge in [-0.05, 0) is 29.7 Å². The summed E-state index contributed by atoms with van der Waals surface area (Å²) < 4.78 is 11.0. The molecule has 0 aliphatic heterocycles. The van der Waals surface area contributed by atoms with Gasteiger partial charge in [0.2, 0.25) is 0 Å². The SMILES string of the molecule is C=C/C=C(\C=C)COc1cc(CC)ccc1OC. The van der Waals surface area contributed by atoms with Crippen LogP contribution in [0.25, 0.3) is 0 Å². The molecule has 2 heteroatoms. The first-order valence-electron chi connectivity index (χ1n) is 5.98. The third-order valence-corrected chi connectivity index (χ3v) is 2.62. The normalized spacial score (nSPS) is 10.9. The van der Waals surface area contributed by atoms with Crippen molar-refractivity contribution in [1.29, 1.82) is 0 Å². The Hall–Kier alpha value is -1.96. The van der Waals surface area contributed by atoms with Gasteiger partial charge in [0.1, 0.15) is 6.61 Å². The number of allylic oxidation sites excluding steroid dienone is 2. The van der Waals surface area contributed by atoms with Gasteiger partial charge >= 0.3 is 0 Å². The van der Waals surface area contributed by atoms with Crippen LogP contribution in [0.2, 0.25) is 0 Å². The Morgan fingerprint density at radius 2 is 2.06 bits per heavy atom. The van der Waals surface area contributed by atoms with E-state index in [1.807, 2.05) is 24.3 Å². The molecule has 0 aromatic heterocycles. The van der Waals surface area contributed by atoms with Gasteiger partial charge in [-0.25, -0.2) is 0 Å². The van der Waals surface area contributed by atoms with E-state index in [0.717, 1.165) is 23.5 Å². The second-order valence-electron chi connectivity index (χ2n) is 3.81. The van der Waals surface area contributed by atoms with Crippen molar-refractivity contribution in [3.8, 4) is 11.5 Å². The first-order chi connectivity index (χ1) is 8.74. The highest BCUT2D eigenvalue weighted by molar-refractivity contribution is 5.43. The Labute approximate surface area is 109 Å². The second-order valence-corrected chi connectivity index (χ2v) is 3.81. The molecule has 0 N–H and O–H groups in total. The van der Waals surface area contributed by atoms with Crippen LogP contribution in [0.4, 0.5) is 0 Å². The summed E-state index contributed by atoms with van der Waals surface area (Å²) in [5.41, 5.74) is 2.20. The maximum absolute atomic E-state index is 5.76. The molecule has 0 aliphatic rings. The maximum atomic E-state index is 5.76. The van der Waals surface area contributed by atoms with Gasteiger partial charge in [-0.3, -0.25) is 0 Å². The van der Waals surface area contributed by atoms with E-state index < -0.39 is 0 Å². The van der Waals surface area contributed by atoms with Crippen molar-refractivity contribution in [3.05, 3.63) is 60.7 Å². The fraction of sp³-hybridized carbons (Fsp3) is 0.250. The molecule has 0 unspecified atom stereocenters. The van der Waals surface area contributed by atoms with Crippen molar-refractivity contribution in [1.82, 2.24) is 0 Å². The highest BCUT2D eigenvalue weighted by Crippen LogP contribution is 2.28. The molecule has 18 heavy (non-hydrogen) atoms. The minimum absolute atomic E-state index is 0.457. The zero-order chi connectivity index (χ0) is 13.4. The first kappa shape index (κ1) is 14.1. The number of hydrogen-bond donors (Lipinski definition) is 0. The van der Waals surface area contributed by atoms with Crippen molar-refractivity contribution >= 4 is 0 Å². The van der Waals surface area contributed by atoms with E-state index in [-0.39, 0.29) is 0 Å². The molecular weight excluding hydrogens is 224 g/mol. The summed E-state index contributed by atoms with van der Waals surface area (Å²) in [5.74, 6) is 1.50. The summed E-state index contributed by atoms with van der Waals surface area (Å²) >= 11 is 0. The van der Waals surface area contributed by atoms with Crippen LogP contribution < -0.4 is 9.47 Å². The summed E-state index contributed by atoms with van der Waals surface area (Å²) in [6.45, 7) is 9.97. The van der Waals surface area contributed by atoms with Gasteiger partial charge < -0.3 is 9.47 Å². The minimum Gasteiger partial charge on any atom is -0.493 e. The molecule has 1 aromatic rings. The number of hydrogen-bond acceptors (Lipinski definition) is 2. The fourth-order valence-corrected chi connectivity index (χ4v) is 1.54. The van der Waals surface area contributed by atoms with E-state index in [0.29, 0.717) is 6.61 Å². The van der Waals surface area contributed by atoms with Crippen LogP contribution in [0, 0.1) is 0 Å². The maximum Gasteiger partial charge on any atom is 0.161 e. The lowest BCUT2D eigenvalue weighted by Crippen LogP contribution is -2.01. The largest absolute Gasteiger partial charge is 0.493 e. The Morgan fingerprint density at radius 3 is 2.61 bits per heavy atom. The van der Waals surface area contributed by atoms with Gasteiger partial charge in [0.25, 0.3) is 0 Å². The Balaban J connectivity index is 2.85. The number of benzene rings is 1. The van der Waals surface area contributed by atoms with Crippen LogP contribution in [-0.4, -0.2) is 13.7 Å². The molecule has 0 saturated carbocycles. The summed E-state index contributed by atoms with van der Waals surface area (Å²) in [7, 11) is 1.64. The Kier molecular flexibility index (Phi) is 5.78. The molecule has 0 heterocycles. The van der Waals surface area contributed by atoms with Gasteiger partial charge in [-0.15, -0.1) is 0 Å². The van der Waals surface area contributed by atoms with Crippen molar-refractivity contribution < 1.29 is 9.47 Å². The summed E-state index contributed by atoms with van der Waals surface area (Å²) in [4.78, 5) is 0. The van der Waals surface area contributed by atoms with Crippen LogP contribution in [0.5, 0.6) is 11.5 Å². The van der Waals surface area contributed by atoms with Crippen LogP contribution in [0.15, 0.2) is 55.2 Å². The first-order valence-corrected chi connectivity index (χ1v) is 5.98.